The Morgan fingerprint density at radius 3 is 2.06 bits per heavy atom. The van der Waals surface area contributed by atoms with Gasteiger partial charge >= 0.3 is 0 Å². The van der Waals surface area contributed by atoms with E-state index in [4.69, 9.17) is 9.98 Å². The number of benzene rings is 7. The molecule has 0 bridgehead atoms. The van der Waals surface area contributed by atoms with Crippen molar-refractivity contribution in [1.82, 2.24) is 9.88 Å². The molecule has 9 aromatic rings. The van der Waals surface area contributed by atoms with Gasteiger partial charge in [-0.25, -0.2) is 9.98 Å². The van der Waals surface area contributed by atoms with Crippen molar-refractivity contribution in [3.63, 3.8) is 0 Å². The zero-order valence-electron chi connectivity index (χ0n) is 27.0. The molecule has 50 heavy (non-hydrogen) atoms. The van der Waals surface area contributed by atoms with Crippen LogP contribution in [0.15, 0.2) is 180 Å². The summed E-state index contributed by atoms with van der Waals surface area (Å²) in [7, 11) is 0. The lowest BCUT2D eigenvalue weighted by atomic mass is 10.0. The second-order valence-electron chi connectivity index (χ2n) is 12.7. The minimum atomic E-state index is -0.273. The fraction of sp³-hybridized carbons (Fsp3) is 0.0222. The highest BCUT2D eigenvalue weighted by molar-refractivity contribution is 7.25. The van der Waals surface area contributed by atoms with Crippen molar-refractivity contribution in [1.29, 1.82) is 0 Å². The number of thiophene rings is 1. The Labute approximate surface area is 293 Å². The molecular weight excluding hydrogens is 629 g/mol. The van der Waals surface area contributed by atoms with Crippen LogP contribution in [-0.2, 0) is 0 Å². The van der Waals surface area contributed by atoms with Gasteiger partial charge in [-0.1, -0.05) is 127 Å². The molecule has 236 valence electrons. The van der Waals surface area contributed by atoms with Gasteiger partial charge in [0.1, 0.15) is 12.0 Å². The molecule has 1 aliphatic heterocycles. The summed E-state index contributed by atoms with van der Waals surface area (Å²) in [6.45, 7) is 0. The number of aliphatic imine (C=N–C) groups is 2. The third kappa shape index (κ3) is 4.82. The van der Waals surface area contributed by atoms with E-state index in [2.05, 4.69) is 174 Å². The van der Waals surface area contributed by atoms with Crippen molar-refractivity contribution in [3.8, 4) is 16.8 Å². The average molecular weight is 659 g/mol. The molecule has 1 aliphatic rings. The largest absolute Gasteiger partial charge is 0.344 e. The standard InChI is InChI=1S/C45H30N4S/c1-3-12-29(13-4-1)31-23-25-40-38(27-31)35-18-7-9-20-39(35)49(40)34-17-11-16-32(26-34)44-46-43(30-14-5-2-6-15-30)47-45(48-44)33-22-24-37-36-19-8-10-21-41(36)50-42(37)28-33/h1-28,43H,(H,46,47,48). The predicted molar refractivity (Wildman–Crippen MR) is 211 cm³/mol. The quantitative estimate of drug-likeness (QED) is 0.196. The molecule has 0 saturated carbocycles. The van der Waals surface area contributed by atoms with E-state index in [-0.39, 0.29) is 6.17 Å². The predicted octanol–water partition coefficient (Wildman–Crippen LogP) is 11.3. The molecule has 0 aliphatic carbocycles. The molecule has 4 nitrogen and oxygen atoms in total. The molecule has 2 aromatic heterocycles. The van der Waals surface area contributed by atoms with Gasteiger partial charge in [0.2, 0.25) is 0 Å². The summed E-state index contributed by atoms with van der Waals surface area (Å²) in [5.41, 5.74) is 8.93. The summed E-state index contributed by atoms with van der Waals surface area (Å²) < 4.78 is 4.90. The maximum Gasteiger partial charge on any atom is 0.159 e. The van der Waals surface area contributed by atoms with Gasteiger partial charge in [0, 0.05) is 47.8 Å². The van der Waals surface area contributed by atoms with E-state index >= 15 is 0 Å². The van der Waals surface area contributed by atoms with Crippen LogP contribution in [0.3, 0.4) is 0 Å². The Morgan fingerprint density at radius 1 is 0.480 bits per heavy atom. The van der Waals surface area contributed by atoms with E-state index < -0.39 is 0 Å². The molecule has 0 fully saturated rings. The van der Waals surface area contributed by atoms with E-state index in [1.807, 2.05) is 17.4 Å². The zero-order chi connectivity index (χ0) is 33.0. The lowest BCUT2D eigenvalue weighted by Crippen LogP contribution is -2.33. The molecule has 5 heteroatoms. The van der Waals surface area contributed by atoms with Crippen LogP contribution in [0.1, 0.15) is 22.9 Å². The summed E-state index contributed by atoms with van der Waals surface area (Å²) in [6, 6.07) is 60.4. The van der Waals surface area contributed by atoms with E-state index in [1.54, 1.807) is 0 Å². The lowest BCUT2D eigenvalue weighted by Gasteiger charge is -2.24. The molecule has 3 heterocycles. The van der Waals surface area contributed by atoms with Gasteiger partial charge < -0.3 is 9.88 Å². The van der Waals surface area contributed by atoms with Crippen molar-refractivity contribution in [2.24, 2.45) is 9.98 Å². The second-order valence-corrected chi connectivity index (χ2v) is 13.8. The van der Waals surface area contributed by atoms with Crippen LogP contribution in [-0.4, -0.2) is 16.2 Å². The van der Waals surface area contributed by atoms with Crippen LogP contribution in [0.25, 0.3) is 58.8 Å². The zero-order valence-corrected chi connectivity index (χ0v) is 27.8. The number of hydrogen-bond acceptors (Lipinski definition) is 4. The second kappa shape index (κ2) is 11.7. The van der Waals surface area contributed by atoms with Crippen LogP contribution in [0.2, 0.25) is 0 Å². The van der Waals surface area contributed by atoms with Gasteiger partial charge in [0.15, 0.2) is 5.84 Å². The minimum Gasteiger partial charge on any atom is -0.344 e. The van der Waals surface area contributed by atoms with Crippen molar-refractivity contribution < 1.29 is 0 Å². The van der Waals surface area contributed by atoms with Crippen molar-refractivity contribution in [3.05, 3.63) is 187 Å². The normalized spacial score (nSPS) is 14.6. The molecule has 1 atom stereocenters. The summed E-state index contributed by atoms with van der Waals surface area (Å²) in [5.74, 6) is 1.52. The van der Waals surface area contributed by atoms with Crippen molar-refractivity contribution in [2.75, 3.05) is 0 Å². The first-order valence-electron chi connectivity index (χ1n) is 16.9. The molecule has 0 radical (unpaired) electrons. The minimum absolute atomic E-state index is 0.273. The van der Waals surface area contributed by atoms with Crippen LogP contribution >= 0.6 is 11.3 Å². The molecule has 0 saturated heterocycles. The van der Waals surface area contributed by atoms with E-state index in [0.29, 0.717) is 5.84 Å². The third-order valence-corrected chi connectivity index (χ3v) is 10.8. The van der Waals surface area contributed by atoms with E-state index in [0.717, 1.165) is 28.2 Å². The number of hydrogen-bond donors (Lipinski definition) is 1. The van der Waals surface area contributed by atoms with Crippen LogP contribution < -0.4 is 5.32 Å². The van der Waals surface area contributed by atoms with Crippen molar-refractivity contribution >= 4 is 65.0 Å². The Bertz CT molecular complexity index is 2790. The highest BCUT2D eigenvalue weighted by Gasteiger charge is 2.22. The van der Waals surface area contributed by atoms with E-state index in [9.17, 15) is 0 Å². The average Bonchev–Trinajstić information content (AvgIpc) is 3.73. The van der Waals surface area contributed by atoms with Gasteiger partial charge in [-0.05, 0) is 59.2 Å². The van der Waals surface area contributed by atoms with Gasteiger partial charge in [-0.3, -0.25) is 0 Å². The summed E-state index contributed by atoms with van der Waals surface area (Å²) in [6.07, 6.45) is -0.273. The molecule has 10 rings (SSSR count). The SMILES string of the molecule is c1ccc(-c2ccc3c(c2)c2ccccc2n3-c2cccc(C3=NC(c4ccccc4)NC(c4ccc5c(c4)sc4ccccc45)=N3)c2)cc1. The third-order valence-electron chi connectivity index (χ3n) is 9.65. The van der Waals surface area contributed by atoms with E-state index in [1.165, 1.54) is 53.1 Å². The van der Waals surface area contributed by atoms with Crippen LogP contribution in [0, 0.1) is 0 Å². The molecule has 7 aromatic carbocycles. The number of nitrogens with zero attached hydrogens (tertiary/aromatic N) is 3. The maximum absolute atomic E-state index is 5.20. The maximum atomic E-state index is 5.20. The fourth-order valence-corrected chi connectivity index (χ4v) is 8.40. The summed E-state index contributed by atoms with van der Waals surface area (Å²) >= 11 is 1.82. The Hall–Kier alpha value is -6.30. The highest BCUT2D eigenvalue weighted by Crippen LogP contribution is 2.37. The number of para-hydroxylation sites is 1. The fourth-order valence-electron chi connectivity index (χ4n) is 7.25. The smallest absolute Gasteiger partial charge is 0.159 e. The molecular formula is C45H30N4S. The van der Waals surface area contributed by atoms with Crippen molar-refractivity contribution in [2.45, 2.75) is 6.17 Å². The topological polar surface area (TPSA) is 41.7 Å². The first-order chi connectivity index (χ1) is 24.8. The first kappa shape index (κ1) is 28.7. The monoisotopic (exact) mass is 658 g/mol. The Morgan fingerprint density at radius 2 is 1.18 bits per heavy atom. The van der Waals surface area contributed by atoms with Gasteiger partial charge in [-0.2, -0.15) is 0 Å². The molecule has 1 N–H and O–H groups in total. The number of rotatable bonds is 5. The first-order valence-corrected chi connectivity index (χ1v) is 17.7. The van der Waals surface area contributed by atoms with Gasteiger partial charge in [-0.15, -0.1) is 11.3 Å². The molecule has 0 amide bonds. The van der Waals surface area contributed by atoms with Crippen LogP contribution in [0.5, 0.6) is 0 Å². The Balaban J connectivity index is 1.11. The number of nitrogens with one attached hydrogen (secondary N) is 1. The highest BCUT2D eigenvalue weighted by atomic mass is 32.1. The van der Waals surface area contributed by atoms with Gasteiger partial charge in [0.05, 0.1) is 11.0 Å². The molecule has 1 unspecified atom stereocenters. The van der Waals surface area contributed by atoms with Crippen LogP contribution in [0.4, 0.5) is 0 Å². The summed E-state index contributed by atoms with van der Waals surface area (Å²) in [4.78, 5) is 10.4. The number of aromatic nitrogens is 1. The Kier molecular flexibility index (Phi) is 6.71. The van der Waals surface area contributed by atoms with Gasteiger partial charge in [0.25, 0.3) is 0 Å². The number of fused-ring (bicyclic) bond motifs is 6. The molecule has 0 spiro atoms. The summed E-state index contributed by atoms with van der Waals surface area (Å²) in [5, 5.41) is 8.68. The number of amidine groups is 2. The lowest BCUT2D eigenvalue weighted by molar-refractivity contribution is 0.674.